The standard InChI is InChI=1S/C16H24N2O/c1-12-7-5-6-10-15(12)18-16(19)14(17)11-13-8-3-2-4-9-13/h2-4,8-9,12,14-15H,5-7,10-11,17H2,1H3,(H,18,19)/t12?,14-,15?/m1/s1. The average Bonchev–Trinajstić information content (AvgIpc) is 2.42. The van der Waals surface area contributed by atoms with Gasteiger partial charge in [-0.15, -0.1) is 0 Å². The molecule has 1 aromatic carbocycles. The molecule has 1 saturated carbocycles. The van der Waals surface area contributed by atoms with Crippen molar-refractivity contribution in [3.8, 4) is 0 Å². The summed E-state index contributed by atoms with van der Waals surface area (Å²) in [7, 11) is 0. The highest BCUT2D eigenvalue weighted by molar-refractivity contribution is 5.82. The predicted octanol–water partition coefficient (Wildman–Crippen LogP) is 2.25. The first-order valence-electron chi connectivity index (χ1n) is 7.26. The molecule has 19 heavy (non-hydrogen) atoms. The molecule has 0 saturated heterocycles. The van der Waals surface area contributed by atoms with Crippen LogP contribution < -0.4 is 11.1 Å². The monoisotopic (exact) mass is 260 g/mol. The van der Waals surface area contributed by atoms with Crippen LogP contribution in [0.15, 0.2) is 30.3 Å². The topological polar surface area (TPSA) is 55.1 Å². The first-order chi connectivity index (χ1) is 9.16. The normalized spacial score (nSPS) is 24.7. The summed E-state index contributed by atoms with van der Waals surface area (Å²) in [5.41, 5.74) is 7.11. The molecule has 3 heteroatoms. The van der Waals surface area contributed by atoms with Crippen LogP contribution in [0.25, 0.3) is 0 Å². The molecule has 104 valence electrons. The summed E-state index contributed by atoms with van der Waals surface area (Å²) in [6, 6.07) is 9.80. The highest BCUT2D eigenvalue weighted by atomic mass is 16.2. The summed E-state index contributed by atoms with van der Waals surface area (Å²) in [5, 5.41) is 3.12. The molecule has 2 unspecified atom stereocenters. The summed E-state index contributed by atoms with van der Waals surface area (Å²) < 4.78 is 0. The fourth-order valence-corrected chi connectivity index (χ4v) is 2.78. The first kappa shape index (κ1) is 14.1. The summed E-state index contributed by atoms with van der Waals surface area (Å²) in [6.45, 7) is 2.22. The highest BCUT2D eigenvalue weighted by Gasteiger charge is 2.24. The number of hydrogen-bond acceptors (Lipinski definition) is 2. The van der Waals surface area contributed by atoms with Crippen LogP contribution in [0.2, 0.25) is 0 Å². The second kappa shape index (κ2) is 6.71. The molecule has 1 amide bonds. The van der Waals surface area contributed by atoms with Crippen molar-refractivity contribution in [2.75, 3.05) is 0 Å². The molecular weight excluding hydrogens is 236 g/mol. The predicted molar refractivity (Wildman–Crippen MR) is 77.7 cm³/mol. The molecule has 1 aromatic rings. The van der Waals surface area contributed by atoms with Crippen molar-refractivity contribution in [3.63, 3.8) is 0 Å². The molecule has 0 aromatic heterocycles. The summed E-state index contributed by atoms with van der Waals surface area (Å²) in [5.74, 6) is 0.559. The Morgan fingerprint density at radius 3 is 2.68 bits per heavy atom. The lowest BCUT2D eigenvalue weighted by atomic mass is 9.86. The van der Waals surface area contributed by atoms with Crippen LogP contribution in [-0.4, -0.2) is 18.0 Å². The molecular formula is C16H24N2O. The van der Waals surface area contributed by atoms with Crippen LogP contribution in [0, 0.1) is 5.92 Å². The lowest BCUT2D eigenvalue weighted by molar-refractivity contribution is -0.123. The van der Waals surface area contributed by atoms with E-state index in [1.807, 2.05) is 30.3 Å². The number of rotatable bonds is 4. The Morgan fingerprint density at radius 1 is 1.32 bits per heavy atom. The number of amides is 1. The Labute approximate surface area is 115 Å². The Kier molecular flexibility index (Phi) is 4.97. The molecule has 1 aliphatic carbocycles. The lowest BCUT2D eigenvalue weighted by Gasteiger charge is -2.30. The fourth-order valence-electron chi connectivity index (χ4n) is 2.78. The second-order valence-corrected chi connectivity index (χ2v) is 5.67. The van der Waals surface area contributed by atoms with Gasteiger partial charge in [-0.1, -0.05) is 50.1 Å². The van der Waals surface area contributed by atoms with Crippen LogP contribution in [-0.2, 0) is 11.2 Å². The second-order valence-electron chi connectivity index (χ2n) is 5.67. The van der Waals surface area contributed by atoms with E-state index in [0.29, 0.717) is 18.4 Å². The van der Waals surface area contributed by atoms with Crippen molar-refractivity contribution in [1.29, 1.82) is 0 Å². The van der Waals surface area contributed by atoms with E-state index in [-0.39, 0.29) is 5.91 Å². The fraction of sp³-hybridized carbons (Fsp3) is 0.562. The van der Waals surface area contributed by atoms with Crippen molar-refractivity contribution in [2.45, 2.75) is 51.1 Å². The van der Waals surface area contributed by atoms with Crippen molar-refractivity contribution in [2.24, 2.45) is 11.7 Å². The van der Waals surface area contributed by atoms with Crippen LogP contribution in [0.3, 0.4) is 0 Å². The van der Waals surface area contributed by atoms with Gasteiger partial charge in [-0.3, -0.25) is 4.79 Å². The van der Waals surface area contributed by atoms with Gasteiger partial charge >= 0.3 is 0 Å². The maximum Gasteiger partial charge on any atom is 0.237 e. The number of nitrogens with two attached hydrogens (primary N) is 1. The number of nitrogens with one attached hydrogen (secondary N) is 1. The van der Waals surface area contributed by atoms with Gasteiger partial charge in [-0.05, 0) is 30.7 Å². The van der Waals surface area contributed by atoms with E-state index in [1.54, 1.807) is 0 Å². The summed E-state index contributed by atoms with van der Waals surface area (Å²) in [6.07, 6.45) is 5.39. The Morgan fingerprint density at radius 2 is 2.00 bits per heavy atom. The van der Waals surface area contributed by atoms with Gasteiger partial charge in [0.1, 0.15) is 0 Å². The van der Waals surface area contributed by atoms with Gasteiger partial charge in [-0.25, -0.2) is 0 Å². The molecule has 3 atom stereocenters. The molecule has 0 bridgehead atoms. The minimum Gasteiger partial charge on any atom is -0.352 e. The van der Waals surface area contributed by atoms with Gasteiger partial charge in [0.25, 0.3) is 0 Å². The maximum absolute atomic E-state index is 12.1. The van der Waals surface area contributed by atoms with Crippen molar-refractivity contribution >= 4 is 5.91 Å². The molecule has 0 radical (unpaired) electrons. The molecule has 0 heterocycles. The van der Waals surface area contributed by atoms with Crippen LogP contribution >= 0.6 is 0 Å². The molecule has 1 aliphatic rings. The minimum absolute atomic E-state index is 0.0115. The largest absolute Gasteiger partial charge is 0.352 e. The highest BCUT2D eigenvalue weighted by Crippen LogP contribution is 2.23. The molecule has 3 N–H and O–H groups in total. The van der Waals surface area contributed by atoms with E-state index in [9.17, 15) is 4.79 Å². The molecule has 0 spiro atoms. The minimum atomic E-state index is -0.448. The van der Waals surface area contributed by atoms with Crippen LogP contribution in [0.5, 0.6) is 0 Å². The smallest absolute Gasteiger partial charge is 0.237 e. The van der Waals surface area contributed by atoms with Crippen molar-refractivity contribution < 1.29 is 4.79 Å². The van der Waals surface area contributed by atoms with Gasteiger partial charge in [-0.2, -0.15) is 0 Å². The number of hydrogen-bond donors (Lipinski definition) is 2. The number of carbonyl (C=O) groups is 1. The molecule has 0 aliphatic heterocycles. The van der Waals surface area contributed by atoms with E-state index in [2.05, 4.69) is 12.2 Å². The zero-order chi connectivity index (χ0) is 13.7. The van der Waals surface area contributed by atoms with E-state index < -0.39 is 6.04 Å². The quantitative estimate of drug-likeness (QED) is 0.872. The Bertz CT molecular complexity index is 404. The Hall–Kier alpha value is -1.35. The zero-order valence-electron chi connectivity index (χ0n) is 11.6. The van der Waals surface area contributed by atoms with Crippen LogP contribution in [0.1, 0.15) is 38.2 Å². The maximum atomic E-state index is 12.1. The number of carbonyl (C=O) groups excluding carboxylic acids is 1. The average molecular weight is 260 g/mol. The molecule has 2 rings (SSSR count). The van der Waals surface area contributed by atoms with Gasteiger partial charge in [0, 0.05) is 6.04 Å². The lowest BCUT2D eigenvalue weighted by Crippen LogP contribution is -2.49. The van der Waals surface area contributed by atoms with Crippen molar-refractivity contribution in [3.05, 3.63) is 35.9 Å². The molecule has 1 fully saturated rings. The SMILES string of the molecule is CC1CCCCC1NC(=O)[C@H](N)Cc1ccccc1. The van der Waals surface area contributed by atoms with Gasteiger partial charge in [0.15, 0.2) is 0 Å². The summed E-state index contributed by atoms with van der Waals surface area (Å²) in [4.78, 5) is 12.1. The van der Waals surface area contributed by atoms with E-state index in [1.165, 1.54) is 19.3 Å². The third-order valence-electron chi connectivity index (χ3n) is 4.07. The third-order valence-corrected chi connectivity index (χ3v) is 4.07. The third kappa shape index (κ3) is 4.06. The van der Waals surface area contributed by atoms with E-state index in [4.69, 9.17) is 5.73 Å². The van der Waals surface area contributed by atoms with Gasteiger partial charge < -0.3 is 11.1 Å². The van der Waals surface area contributed by atoms with Gasteiger partial charge in [0.2, 0.25) is 5.91 Å². The van der Waals surface area contributed by atoms with E-state index in [0.717, 1.165) is 12.0 Å². The van der Waals surface area contributed by atoms with Crippen LogP contribution in [0.4, 0.5) is 0 Å². The van der Waals surface area contributed by atoms with E-state index >= 15 is 0 Å². The van der Waals surface area contributed by atoms with Crippen molar-refractivity contribution in [1.82, 2.24) is 5.32 Å². The summed E-state index contributed by atoms with van der Waals surface area (Å²) >= 11 is 0. The van der Waals surface area contributed by atoms with Gasteiger partial charge in [0.05, 0.1) is 6.04 Å². The zero-order valence-corrected chi connectivity index (χ0v) is 11.6. The Balaban J connectivity index is 1.85. The number of benzene rings is 1. The molecule has 3 nitrogen and oxygen atoms in total. The first-order valence-corrected chi connectivity index (χ1v) is 7.26.